The van der Waals surface area contributed by atoms with E-state index in [1.54, 1.807) is 36.8 Å². The van der Waals surface area contributed by atoms with E-state index in [0.29, 0.717) is 23.5 Å². The predicted octanol–water partition coefficient (Wildman–Crippen LogP) is 2.29. The Kier molecular flexibility index (Phi) is 3.61. The molecule has 4 rings (SSSR count). The van der Waals surface area contributed by atoms with Crippen LogP contribution in [-0.4, -0.2) is 34.0 Å². The number of imidazole rings is 1. The van der Waals surface area contributed by atoms with Gasteiger partial charge in [-0.2, -0.15) is 0 Å². The zero-order valence-corrected chi connectivity index (χ0v) is 14.2. The second-order valence-electron chi connectivity index (χ2n) is 5.71. The Bertz CT molecular complexity index is 1170. The highest BCUT2D eigenvalue weighted by Crippen LogP contribution is 2.23. The van der Waals surface area contributed by atoms with Gasteiger partial charge < -0.3 is 5.32 Å². The highest BCUT2D eigenvalue weighted by molar-refractivity contribution is 7.90. The average Bonchev–Trinajstić information content (AvgIpc) is 3.09. The molecule has 3 aromatic heterocycles. The number of benzene rings is 1. The Morgan fingerprint density at radius 3 is 2.68 bits per heavy atom. The smallest absolute Gasteiger partial charge is 0.180 e. The molecule has 0 unspecified atom stereocenters. The van der Waals surface area contributed by atoms with Crippen LogP contribution in [0.2, 0.25) is 0 Å². The maximum absolute atomic E-state index is 11.8. The van der Waals surface area contributed by atoms with Crippen molar-refractivity contribution >= 4 is 32.3 Å². The van der Waals surface area contributed by atoms with E-state index in [1.165, 1.54) is 6.26 Å². The van der Waals surface area contributed by atoms with Crippen LogP contribution in [0.4, 0.5) is 5.82 Å². The number of nitrogens with zero attached hydrogens (tertiary/aromatic N) is 4. The molecule has 126 valence electrons. The van der Waals surface area contributed by atoms with Crippen LogP contribution in [0.5, 0.6) is 0 Å². The van der Waals surface area contributed by atoms with Crippen molar-refractivity contribution in [3.63, 3.8) is 0 Å². The highest BCUT2D eigenvalue weighted by Gasteiger charge is 2.13. The fourth-order valence-electron chi connectivity index (χ4n) is 2.68. The van der Waals surface area contributed by atoms with E-state index < -0.39 is 9.84 Å². The quantitative estimate of drug-likeness (QED) is 0.605. The molecule has 8 heteroatoms. The molecule has 0 amide bonds. The van der Waals surface area contributed by atoms with Gasteiger partial charge in [0.05, 0.1) is 15.9 Å². The summed E-state index contributed by atoms with van der Waals surface area (Å²) in [5.41, 5.74) is 3.14. The van der Waals surface area contributed by atoms with Gasteiger partial charge >= 0.3 is 0 Å². The van der Waals surface area contributed by atoms with Gasteiger partial charge in [0.1, 0.15) is 0 Å². The molecule has 0 aliphatic heterocycles. The average molecular weight is 353 g/mol. The minimum absolute atomic E-state index is 0.243. The number of sulfone groups is 1. The lowest BCUT2D eigenvalue weighted by molar-refractivity contribution is 0.602. The summed E-state index contributed by atoms with van der Waals surface area (Å²) in [5, 5.41) is 3.27. The minimum atomic E-state index is -3.29. The topological polar surface area (TPSA) is 89.2 Å². The number of anilines is 1. The van der Waals surface area contributed by atoms with E-state index in [-0.39, 0.29) is 4.90 Å². The van der Waals surface area contributed by atoms with Crippen molar-refractivity contribution in [2.45, 2.75) is 11.4 Å². The normalized spacial score (nSPS) is 11.9. The molecule has 0 aliphatic carbocycles. The number of pyridine rings is 1. The Labute approximate surface area is 144 Å². The Morgan fingerprint density at radius 1 is 1.12 bits per heavy atom. The maximum Gasteiger partial charge on any atom is 0.180 e. The lowest BCUT2D eigenvalue weighted by Gasteiger charge is -2.10. The molecular weight excluding hydrogens is 338 g/mol. The van der Waals surface area contributed by atoms with Gasteiger partial charge in [0.25, 0.3) is 0 Å². The Hall–Kier alpha value is -3.00. The lowest BCUT2D eigenvalue weighted by atomic mass is 10.2. The van der Waals surface area contributed by atoms with Gasteiger partial charge in [0.2, 0.25) is 0 Å². The first kappa shape index (κ1) is 15.5. The molecule has 0 bridgehead atoms. The number of nitrogens with one attached hydrogen (secondary N) is 1. The van der Waals surface area contributed by atoms with Crippen LogP contribution in [0.25, 0.3) is 16.7 Å². The van der Waals surface area contributed by atoms with E-state index in [0.717, 1.165) is 11.1 Å². The summed E-state index contributed by atoms with van der Waals surface area (Å²) in [6.45, 7) is 0.565. The molecule has 0 saturated heterocycles. The molecular formula is C17H15N5O2S. The fraction of sp³-hybridized carbons (Fsp3) is 0.118. The Morgan fingerprint density at radius 2 is 1.92 bits per heavy atom. The van der Waals surface area contributed by atoms with Crippen LogP contribution in [0, 0.1) is 0 Å². The number of hydrogen-bond acceptors (Lipinski definition) is 6. The molecule has 0 aliphatic rings. The standard InChI is InChI=1S/C17H15N5O2S/c1-25(23,24)13-2-3-15-14(10-13)21-16(17-19-8-9-22(15)17)20-11-12-4-6-18-7-5-12/h2-10H,11H2,1H3,(H,20,21). The third kappa shape index (κ3) is 2.91. The van der Waals surface area contributed by atoms with E-state index in [2.05, 4.69) is 20.3 Å². The van der Waals surface area contributed by atoms with Gasteiger partial charge in [-0.25, -0.2) is 18.4 Å². The van der Waals surface area contributed by atoms with Crippen LogP contribution in [0.3, 0.4) is 0 Å². The molecule has 0 fully saturated rings. The SMILES string of the molecule is CS(=O)(=O)c1ccc2c(c1)nc(NCc1ccncc1)c1nccn12. The molecule has 1 N–H and O–H groups in total. The molecule has 0 saturated carbocycles. The fourth-order valence-corrected chi connectivity index (χ4v) is 3.32. The second kappa shape index (κ2) is 5.82. The molecule has 0 spiro atoms. The summed E-state index contributed by atoms with van der Waals surface area (Å²) in [5.74, 6) is 0.597. The van der Waals surface area contributed by atoms with Gasteiger partial charge in [-0.05, 0) is 35.9 Å². The third-order valence-corrected chi connectivity index (χ3v) is 5.04. The summed E-state index contributed by atoms with van der Waals surface area (Å²) < 4.78 is 25.5. The molecule has 0 radical (unpaired) electrons. The summed E-state index contributed by atoms with van der Waals surface area (Å²) in [4.78, 5) is 13.2. The molecule has 1 aromatic carbocycles. The third-order valence-electron chi connectivity index (χ3n) is 3.93. The lowest BCUT2D eigenvalue weighted by Crippen LogP contribution is -2.05. The van der Waals surface area contributed by atoms with Gasteiger partial charge in [-0.1, -0.05) is 0 Å². The summed E-state index contributed by atoms with van der Waals surface area (Å²) >= 11 is 0. The van der Waals surface area contributed by atoms with Crippen molar-refractivity contribution in [2.24, 2.45) is 0 Å². The first-order valence-corrected chi connectivity index (χ1v) is 9.51. The molecule has 25 heavy (non-hydrogen) atoms. The van der Waals surface area contributed by atoms with Crippen molar-refractivity contribution in [3.8, 4) is 0 Å². The zero-order chi connectivity index (χ0) is 17.4. The van der Waals surface area contributed by atoms with E-state index in [1.807, 2.05) is 22.7 Å². The summed E-state index contributed by atoms with van der Waals surface area (Å²) in [6.07, 6.45) is 8.17. The minimum Gasteiger partial charge on any atom is -0.363 e. The molecule has 7 nitrogen and oxygen atoms in total. The Balaban J connectivity index is 1.83. The van der Waals surface area contributed by atoms with Gasteiger partial charge in [0, 0.05) is 37.6 Å². The van der Waals surface area contributed by atoms with Crippen molar-refractivity contribution < 1.29 is 8.42 Å². The maximum atomic E-state index is 11.8. The van der Waals surface area contributed by atoms with Gasteiger partial charge in [0.15, 0.2) is 21.3 Å². The molecule has 4 aromatic rings. The summed E-state index contributed by atoms with van der Waals surface area (Å²) in [6, 6.07) is 8.75. The monoisotopic (exact) mass is 353 g/mol. The largest absolute Gasteiger partial charge is 0.363 e. The number of aromatic nitrogens is 4. The van der Waals surface area contributed by atoms with Crippen molar-refractivity contribution in [1.82, 2.24) is 19.4 Å². The first-order valence-electron chi connectivity index (χ1n) is 7.62. The predicted molar refractivity (Wildman–Crippen MR) is 95.2 cm³/mol. The summed E-state index contributed by atoms with van der Waals surface area (Å²) in [7, 11) is -3.29. The van der Waals surface area contributed by atoms with E-state index >= 15 is 0 Å². The number of fused-ring (bicyclic) bond motifs is 3. The van der Waals surface area contributed by atoms with Crippen molar-refractivity contribution in [2.75, 3.05) is 11.6 Å². The van der Waals surface area contributed by atoms with E-state index in [9.17, 15) is 8.42 Å². The molecule has 3 heterocycles. The van der Waals surface area contributed by atoms with Gasteiger partial charge in [-0.3, -0.25) is 9.38 Å². The van der Waals surface area contributed by atoms with Crippen LogP contribution < -0.4 is 5.32 Å². The number of rotatable bonds is 4. The van der Waals surface area contributed by atoms with Crippen LogP contribution in [0.1, 0.15) is 5.56 Å². The van der Waals surface area contributed by atoms with Crippen LogP contribution >= 0.6 is 0 Å². The van der Waals surface area contributed by atoms with Crippen molar-refractivity contribution in [3.05, 3.63) is 60.7 Å². The van der Waals surface area contributed by atoms with Crippen LogP contribution in [-0.2, 0) is 16.4 Å². The second-order valence-corrected chi connectivity index (χ2v) is 7.73. The van der Waals surface area contributed by atoms with Crippen molar-refractivity contribution in [1.29, 1.82) is 0 Å². The first-order chi connectivity index (χ1) is 12.0. The molecule has 0 atom stereocenters. The highest BCUT2D eigenvalue weighted by atomic mass is 32.2. The van der Waals surface area contributed by atoms with Gasteiger partial charge in [-0.15, -0.1) is 0 Å². The van der Waals surface area contributed by atoms with Crippen LogP contribution in [0.15, 0.2) is 60.0 Å². The number of hydrogen-bond donors (Lipinski definition) is 1. The zero-order valence-electron chi connectivity index (χ0n) is 13.4. The van der Waals surface area contributed by atoms with E-state index in [4.69, 9.17) is 0 Å².